The maximum Gasteiger partial charge on any atom is 0.290 e. The molecular weight excluding hydrogens is 332 g/mol. The molecule has 0 saturated carbocycles. The molecular formula is C19H20N4O3. The molecule has 0 radical (unpaired) electrons. The van der Waals surface area contributed by atoms with Gasteiger partial charge in [0.05, 0.1) is 17.3 Å². The van der Waals surface area contributed by atoms with Crippen LogP contribution in [0, 0.1) is 0 Å². The standard InChI is InChI=1S/C19H20N4O3/c24-18(15-7-3-11-23(15)19(25)16-8-4-12-26-16)20-10-9-17-21-13-5-1-2-6-14(13)22-17/h1-2,4-6,8,12,15H,3,7,9-11H2,(H,20,24)(H,21,22). The van der Waals surface area contributed by atoms with Crippen molar-refractivity contribution in [1.82, 2.24) is 20.2 Å². The fourth-order valence-electron chi connectivity index (χ4n) is 3.37. The van der Waals surface area contributed by atoms with E-state index in [4.69, 9.17) is 4.42 Å². The highest BCUT2D eigenvalue weighted by molar-refractivity contribution is 5.96. The quantitative estimate of drug-likeness (QED) is 0.736. The number of likely N-dealkylation sites (tertiary alicyclic amines) is 1. The number of furan rings is 1. The minimum absolute atomic E-state index is 0.126. The highest BCUT2D eigenvalue weighted by atomic mass is 16.3. The zero-order valence-corrected chi connectivity index (χ0v) is 14.3. The number of aromatic amines is 1. The number of hydrogen-bond donors (Lipinski definition) is 2. The van der Waals surface area contributed by atoms with Crippen LogP contribution in [0.15, 0.2) is 47.1 Å². The van der Waals surface area contributed by atoms with Crippen molar-refractivity contribution in [2.75, 3.05) is 13.1 Å². The summed E-state index contributed by atoms with van der Waals surface area (Å²) in [6, 6.07) is 10.7. The predicted molar refractivity (Wildman–Crippen MR) is 95.6 cm³/mol. The lowest BCUT2D eigenvalue weighted by atomic mass is 10.2. The van der Waals surface area contributed by atoms with Gasteiger partial charge in [-0.2, -0.15) is 0 Å². The van der Waals surface area contributed by atoms with E-state index < -0.39 is 6.04 Å². The molecule has 2 N–H and O–H groups in total. The number of carbonyl (C=O) groups excluding carboxylic acids is 2. The Morgan fingerprint density at radius 3 is 2.96 bits per heavy atom. The topological polar surface area (TPSA) is 91.2 Å². The van der Waals surface area contributed by atoms with Crippen molar-refractivity contribution in [3.05, 3.63) is 54.2 Å². The van der Waals surface area contributed by atoms with Gasteiger partial charge in [-0.3, -0.25) is 9.59 Å². The Morgan fingerprint density at radius 2 is 2.15 bits per heavy atom. The van der Waals surface area contributed by atoms with E-state index in [0.717, 1.165) is 23.3 Å². The summed E-state index contributed by atoms with van der Waals surface area (Å²) in [5.74, 6) is 0.747. The van der Waals surface area contributed by atoms with Crippen LogP contribution in [0.25, 0.3) is 11.0 Å². The lowest BCUT2D eigenvalue weighted by Crippen LogP contribution is -2.46. The molecule has 7 nitrogen and oxygen atoms in total. The van der Waals surface area contributed by atoms with Crippen LogP contribution in [-0.4, -0.2) is 45.8 Å². The summed E-state index contributed by atoms with van der Waals surface area (Å²) in [7, 11) is 0. The normalized spacial score (nSPS) is 16.9. The van der Waals surface area contributed by atoms with Crippen molar-refractivity contribution in [2.45, 2.75) is 25.3 Å². The number of para-hydroxylation sites is 2. The smallest absolute Gasteiger partial charge is 0.290 e. The van der Waals surface area contributed by atoms with E-state index in [9.17, 15) is 9.59 Å². The molecule has 1 aromatic carbocycles. The van der Waals surface area contributed by atoms with Crippen LogP contribution >= 0.6 is 0 Å². The molecule has 0 spiro atoms. The lowest BCUT2D eigenvalue weighted by Gasteiger charge is -2.22. The van der Waals surface area contributed by atoms with Gasteiger partial charge in [-0.15, -0.1) is 0 Å². The third-order valence-electron chi connectivity index (χ3n) is 4.65. The molecule has 26 heavy (non-hydrogen) atoms. The summed E-state index contributed by atoms with van der Waals surface area (Å²) in [4.78, 5) is 34.3. The van der Waals surface area contributed by atoms with Crippen molar-refractivity contribution in [3.63, 3.8) is 0 Å². The van der Waals surface area contributed by atoms with Crippen LogP contribution in [0.3, 0.4) is 0 Å². The van der Waals surface area contributed by atoms with Crippen LogP contribution in [0.4, 0.5) is 0 Å². The Balaban J connectivity index is 1.34. The average Bonchev–Trinajstić information content (AvgIpc) is 3.40. The van der Waals surface area contributed by atoms with E-state index in [1.807, 2.05) is 24.3 Å². The van der Waals surface area contributed by atoms with Gasteiger partial charge in [-0.05, 0) is 37.1 Å². The first kappa shape index (κ1) is 16.4. The average molecular weight is 352 g/mol. The molecule has 3 heterocycles. The number of nitrogens with one attached hydrogen (secondary N) is 2. The Bertz CT molecular complexity index is 883. The fraction of sp³-hybridized carbons (Fsp3) is 0.316. The molecule has 2 aromatic heterocycles. The number of benzene rings is 1. The number of nitrogens with zero attached hydrogens (tertiary/aromatic N) is 2. The Hall–Kier alpha value is -3.09. The fourth-order valence-corrected chi connectivity index (χ4v) is 3.37. The molecule has 0 aliphatic carbocycles. The maximum absolute atomic E-state index is 12.5. The maximum atomic E-state index is 12.5. The Kier molecular flexibility index (Phi) is 4.43. The number of imidazole rings is 1. The van der Waals surface area contributed by atoms with Gasteiger partial charge in [0.1, 0.15) is 11.9 Å². The van der Waals surface area contributed by atoms with E-state index in [1.165, 1.54) is 6.26 Å². The van der Waals surface area contributed by atoms with E-state index in [1.54, 1.807) is 17.0 Å². The van der Waals surface area contributed by atoms with Crippen molar-refractivity contribution in [3.8, 4) is 0 Å². The van der Waals surface area contributed by atoms with Gasteiger partial charge in [0.2, 0.25) is 5.91 Å². The minimum Gasteiger partial charge on any atom is -0.459 e. The van der Waals surface area contributed by atoms with E-state index in [0.29, 0.717) is 25.9 Å². The lowest BCUT2D eigenvalue weighted by molar-refractivity contribution is -0.124. The highest BCUT2D eigenvalue weighted by Crippen LogP contribution is 2.20. The second kappa shape index (κ2) is 7.03. The molecule has 3 aromatic rings. The van der Waals surface area contributed by atoms with Crippen molar-refractivity contribution in [1.29, 1.82) is 0 Å². The minimum atomic E-state index is -0.441. The van der Waals surface area contributed by atoms with Gasteiger partial charge in [-0.1, -0.05) is 12.1 Å². The van der Waals surface area contributed by atoms with Crippen molar-refractivity contribution in [2.24, 2.45) is 0 Å². The van der Waals surface area contributed by atoms with Gasteiger partial charge < -0.3 is 19.6 Å². The Morgan fingerprint density at radius 1 is 1.27 bits per heavy atom. The molecule has 1 fully saturated rings. The molecule has 1 aliphatic rings. The van der Waals surface area contributed by atoms with Gasteiger partial charge >= 0.3 is 0 Å². The molecule has 0 bridgehead atoms. The summed E-state index contributed by atoms with van der Waals surface area (Å²) >= 11 is 0. The van der Waals surface area contributed by atoms with Gasteiger partial charge in [0.25, 0.3) is 5.91 Å². The second-order valence-electron chi connectivity index (χ2n) is 6.38. The Labute approximate surface area is 150 Å². The van der Waals surface area contributed by atoms with Crippen LogP contribution in [0.2, 0.25) is 0 Å². The zero-order valence-electron chi connectivity index (χ0n) is 14.3. The number of amides is 2. The SMILES string of the molecule is O=C(NCCc1nc2ccccc2[nH]1)C1CCCN1C(=O)c1ccco1. The highest BCUT2D eigenvalue weighted by Gasteiger charge is 2.35. The van der Waals surface area contributed by atoms with Crippen molar-refractivity contribution < 1.29 is 14.0 Å². The molecule has 1 unspecified atom stereocenters. The largest absolute Gasteiger partial charge is 0.459 e. The van der Waals surface area contributed by atoms with E-state index >= 15 is 0 Å². The number of aromatic nitrogens is 2. The summed E-state index contributed by atoms with van der Waals surface area (Å²) in [6.45, 7) is 1.04. The number of rotatable bonds is 5. The number of carbonyl (C=O) groups is 2. The third-order valence-corrected chi connectivity index (χ3v) is 4.65. The van der Waals surface area contributed by atoms with Crippen LogP contribution in [0.5, 0.6) is 0 Å². The van der Waals surface area contributed by atoms with Gasteiger partial charge in [-0.25, -0.2) is 4.98 Å². The summed E-state index contributed by atoms with van der Waals surface area (Å²) in [6.07, 6.45) is 3.56. The second-order valence-corrected chi connectivity index (χ2v) is 6.38. The monoisotopic (exact) mass is 352 g/mol. The van der Waals surface area contributed by atoms with Crippen molar-refractivity contribution >= 4 is 22.8 Å². The third kappa shape index (κ3) is 3.20. The van der Waals surface area contributed by atoms with Crippen LogP contribution in [0.1, 0.15) is 29.2 Å². The predicted octanol–water partition coefficient (Wildman–Crippen LogP) is 2.12. The van der Waals surface area contributed by atoms with Gasteiger partial charge in [0, 0.05) is 19.5 Å². The number of H-pyrrole nitrogens is 1. The molecule has 1 atom stereocenters. The summed E-state index contributed by atoms with van der Waals surface area (Å²) in [5, 5.41) is 2.92. The number of fused-ring (bicyclic) bond motifs is 1. The van der Waals surface area contributed by atoms with E-state index in [-0.39, 0.29) is 17.6 Å². The van der Waals surface area contributed by atoms with Crippen LogP contribution in [-0.2, 0) is 11.2 Å². The van der Waals surface area contributed by atoms with E-state index in [2.05, 4.69) is 15.3 Å². The molecule has 1 saturated heterocycles. The zero-order chi connectivity index (χ0) is 17.9. The first-order chi connectivity index (χ1) is 12.7. The molecule has 2 amide bonds. The first-order valence-corrected chi connectivity index (χ1v) is 8.78. The first-order valence-electron chi connectivity index (χ1n) is 8.78. The molecule has 4 rings (SSSR count). The molecule has 134 valence electrons. The summed E-state index contributed by atoms with van der Waals surface area (Å²) in [5.41, 5.74) is 1.90. The molecule has 7 heteroatoms. The summed E-state index contributed by atoms with van der Waals surface area (Å²) < 4.78 is 5.17. The van der Waals surface area contributed by atoms with Gasteiger partial charge in [0.15, 0.2) is 5.76 Å². The van der Waals surface area contributed by atoms with Crippen LogP contribution < -0.4 is 5.32 Å². The number of hydrogen-bond acceptors (Lipinski definition) is 4. The molecule has 1 aliphatic heterocycles.